The minimum Gasteiger partial charge on any atom is -0.373 e. The molecule has 3 aliphatic rings. The number of aromatic nitrogens is 1. The molecule has 0 aliphatic carbocycles. The Balaban J connectivity index is 1.22. The Bertz CT molecular complexity index is 962. The molecule has 3 saturated heterocycles. The number of halogens is 3. The van der Waals surface area contributed by atoms with Crippen LogP contribution in [0.5, 0.6) is 0 Å². The van der Waals surface area contributed by atoms with Crippen LogP contribution in [-0.2, 0) is 19.1 Å². The summed E-state index contributed by atoms with van der Waals surface area (Å²) < 4.78 is 51.3. The van der Waals surface area contributed by atoms with Crippen molar-refractivity contribution in [3.8, 4) is 6.07 Å². The van der Waals surface area contributed by atoms with E-state index in [2.05, 4.69) is 15.3 Å². The molecule has 0 aromatic carbocycles. The summed E-state index contributed by atoms with van der Waals surface area (Å²) >= 11 is 0. The van der Waals surface area contributed by atoms with E-state index in [1.54, 1.807) is 17.0 Å². The number of piperazine rings is 1. The number of alkyl halides is 3. The van der Waals surface area contributed by atoms with Gasteiger partial charge in [0.05, 0.1) is 36.9 Å². The molecule has 1 aromatic heterocycles. The number of anilines is 1. The van der Waals surface area contributed by atoms with E-state index >= 15 is 0 Å². The van der Waals surface area contributed by atoms with Gasteiger partial charge in [0.15, 0.2) is 5.92 Å². The highest BCUT2D eigenvalue weighted by Gasteiger charge is 2.52. The fraction of sp³-hybridized carbons (Fsp3) is 0.652. The van der Waals surface area contributed by atoms with Gasteiger partial charge in [0.2, 0.25) is 11.8 Å². The molecule has 0 bridgehead atoms. The van der Waals surface area contributed by atoms with Gasteiger partial charge in [-0.15, -0.1) is 0 Å². The Morgan fingerprint density at radius 3 is 2.64 bits per heavy atom. The number of rotatable bonds is 6. The summed E-state index contributed by atoms with van der Waals surface area (Å²) in [5.74, 6) is -2.67. The molecule has 0 spiro atoms. The standard InChI is InChI=1S/C23H29F3N6O4/c24-23(25,26)21-18(13-29-30-22(21)34)35-14-17-3-1-2-16(36-17)10-20(33)32-8-6-31(7-9-32)19-5-4-15(11-27)12-28-19/h4-5,12,16-18,21,29H,1-3,6-10,13-14H2,(H,30,34)/t16-,17-,18?,21?/m1/s1. The third kappa shape index (κ3) is 6.43. The predicted octanol–water partition coefficient (Wildman–Crippen LogP) is 1.13. The van der Waals surface area contributed by atoms with E-state index in [-0.39, 0.29) is 31.6 Å². The molecular weight excluding hydrogens is 481 g/mol. The molecular formula is C23H29F3N6O4. The van der Waals surface area contributed by atoms with Gasteiger partial charge in [0, 0.05) is 38.9 Å². The van der Waals surface area contributed by atoms with Crippen LogP contribution in [-0.4, -0.2) is 85.5 Å². The minimum absolute atomic E-state index is 0.0284. The van der Waals surface area contributed by atoms with E-state index in [9.17, 15) is 22.8 Å². The van der Waals surface area contributed by atoms with Crippen LogP contribution in [0.3, 0.4) is 0 Å². The lowest BCUT2D eigenvalue weighted by Crippen LogP contribution is -2.60. The van der Waals surface area contributed by atoms with Crippen LogP contribution in [0.4, 0.5) is 19.0 Å². The van der Waals surface area contributed by atoms with Gasteiger partial charge in [-0.2, -0.15) is 18.4 Å². The van der Waals surface area contributed by atoms with E-state index in [1.807, 2.05) is 11.5 Å². The molecule has 0 saturated carbocycles. The molecule has 196 valence electrons. The highest BCUT2D eigenvalue weighted by Crippen LogP contribution is 2.32. The number of hydrogen-bond acceptors (Lipinski definition) is 8. The number of amides is 2. The summed E-state index contributed by atoms with van der Waals surface area (Å²) in [6.45, 7) is 2.08. The van der Waals surface area contributed by atoms with Crippen molar-refractivity contribution in [1.29, 1.82) is 5.26 Å². The van der Waals surface area contributed by atoms with E-state index in [4.69, 9.17) is 14.7 Å². The monoisotopic (exact) mass is 510 g/mol. The van der Waals surface area contributed by atoms with Crippen LogP contribution in [0, 0.1) is 17.2 Å². The second kappa shape index (κ2) is 11.4. The minimum atomic E-state index is -4.71. The average Bonchev–Trinajstić information content (AvgIpc) is 2.87. The topological polar surface area (TPSA) is 120 Å². The van der Waals surface area contributed by atoms with E-state index < -0.39 is 30.2 Å². The summed E-state index contributed by atoms with van der Waals surface area (Å²) in [7, 11) is 0. The molecule has 13 heteroatoms. The van der Waals surface area contributed by atoms with Crippen molar-refractivity contribution < 1.29 is 32.2 Å². The molecule has 3 aliphatic heterocycles. The lowest BCUT2D eigenvalue weighted by atomic mass is 9.98. The van der Waals surface area contributed by atoms with Gasteiger partial charge in [0.1, 0.15) is 11.9 Å². The fourth-order valence-corrected chi connectivity index (χ4v) is 4.75. The summed E-state index contributed by atoms with van der Waals surface area (Å²) in [4.78, 5) is 32.7. The maximum Gasteiger partial charge on any atom is 0.403 e. The first-order valence-corrected chi connectivity index (χ1v) is 12.0. The lowest BCUT2D eigenvalue weighted by molar-refractivity contribution is -0.218. The number of hydrazine groups is 1. The number of nitrogens with one attached hydrogen (secondary N) is 2. The highest BCUT2D eigenvalue weighted by atomic mass is 19.4. The number of pyridine rings is 1. The van der Waals surface area contributed by atoms with Gasteiger partial charge in [-0.05, 0) is 31.4 Å². The first kappa shape index (κ1) is 26.1. The van der Waals surface area contributed by atoms with Crippen molar-refractivity contribution in [3.05, 3.63) is 23.9 Å². The molecule has 2 amide bonds. The van der Waals surface area contributed by atoms with E-state index in [1.165, 1.54) is 6.20 Å². The number of ether oxygens (including phenoxy) is 2. The smallest absolute Gasteiger partial charge is 0.373 e. The molecule has 4 rings (SSSR count). The Hall–Kier alpha value is -2.95. The van der Waals surface area contributed by atoms with Gasteiger partial charge in [-0.25, -0.2) is 10.4 Å². The molecule has 36 heavy (non-hydrogen) atoms. The number of hydrogen-bond donors (Lipinski definition) is 2. The Labute approximate surface area is 206 Å². The zero-order chi connectivity index (χ0) is 25.7. The van der Waals surface area contributed by atoms with Crippen molar-refractivity contribution in [1.82, 2.24) is 20.7 Å². The number of carbonyl (C=O) groups is 2. The van der Waals surface area contributed by atoms with Crippen molar-refractivity contribution in [2.24, 2.45) is 5.92 Å². The maximum atomic E-state index is 13.3. The Kier molecular flexibility index (Phi) is 8.28. The lowest BCUT2D eigenvalue weighted by Gasteiger charge is -2.37. The van der Waals surface area contributed by atoms with Crippen LogP contribution < -0.4 is 15.8 Å². The summed E-state index contributed by atoms with van der Waals surface area (Å²) in [5, 5.41) is 8.90. The van der Waals surface area contributed by atoms with E-state index in [0.717, 1.165) is 12.2 Å². The van der Waals surface area contributed by atoms with Gasteiger partial charge in [0.25, 0.3) is 0 Å². The van der Waals surface area contributed by atoms with Crippen molar-refractivity contribution >= 4 is 17.6 Å². The third-order valence-electron chi connectivity index (χ3n) is 6.69. The van der Waals surface area contributed by atoms with Crippen LogP contribution in [0.15, 0.2) is 18.3 Å². The largest absolute Gasteiger partial charge is 0.403 e. The van der Waals surface area contributed by atoms with Gasteiger partial charge < -0.3 is 19.3 Å². The summed E-state index contributed by atoms with van der Waals surface area (Å²) in [6, 6.07) is 5.54. The normalized spacial score (nSPS) is 27.3. The summed E-state index contributed by atoms with van der Waals surface area (Å²) in [5.41, 5.74) is 4.92. The first-order valence-electron chi connectivity index (χ1n) is 12.0. The van der Waals surface area contributed by atoms with Crippen LogP contribution in [0.2, 0.25) is 0 Å². The Morgan fingerprint density at radius 2 is 1.97 bits per heavy atom. The molecule has 3 fully saturated rings. The first-order chi connectivity index (χ1) is 17.2. The van der Waals surface area contributed by atoms with E-state index in [0.29, 0.717) is 44.6 Å². The molecule has 4 heterocycles. The molecule has 0 radical (unpaired) electrons. The van der Waals surface area contributed by atoms with Crippen LogP contribution in [0.1, 0.15) is 31.2 Å². The number of carbonyl (C=O) groups excluding carboxylic acids is 2. The van der Waals surface area contributed by atoms with Crippen molar-refractivity contribution in [2.75, 3.05) is 44.2 Å². The second-order valence-electron chi connectivity index (χ2n) is 9.16. The predicted molar refractivity (Wildman–Crippen MR) is 120 cm³/mol. The number of nitrogens with zero attached hydrogens (tertiary/aromatic N) is 4. The number of nitriles is 1. The SMILES string of the molecule is N#Cc1ccc(N2CCN(C(=O)C[C@H]3CCC[C@H](COC4CNNC(=O)C4C(F)(F)F)O3)CC2)nc1. The third-order valence-corrected chi connectivity index (χ3v) is 6.69. The van der Waals surface area contributed by atoms with Crippen molar-refractivity contribution in [3.63, 3.8) is 0 Å². The average molecular weight is 511 g/mol. The Morgan fingerprint density at radius 1 is 1.22 bits per heavy atom. The van der Waals surface area contributed by atoms with Gasteiger partial charge in [-0.1, -0.05) is 0 Å². The van der Waals surface area contributed by atoms with Crippen molar-refractivity contribution in [2.45, 2.75) is 50.2 Å². The molecule has 2 N–H and O–H groups in total. The molecule has 4 atom stereocenters. The van der Waals surface area contributed by atoms with Crippen LogP contribution in [0.25, 0.3) is 0 Å². The highest BCUT2D eigenvalue weighted by molar-refractivity contribution is 5.80. The molecule has 2 unspecified atom stereocenters. The molecule has 1 aromatic rings. The second-order valence-corrected chi connectivity index (χ2v) is 9.16. The zero-order valence-corrected chi connectivity index (χ0v) is 19.7. The van der Waals surface area contributed by atoms with Crippen LogP contribution >= 0.6 is 0 Å². The zero-order valence-electron chi connectivity index (χ0n) is 19.7. The fourth-order valence-electron chi connectivity index (χ4n) is 4.75. The van der Waals surface area contributed by atoms with Gasteiger partial charge in [-0.3, -0.25) is 15.0 Å². The summed E-state index contributed by atoms with van der Waals surface area (Å²) in [6.07, 6.45) is -3.01. The molecule has 10 nitrogen and oxygen atoms in total. The maximum absolute atomic E-state index is 13.3. The quantitative estimate of drug-likeness (QED) is 0.585. The van der Waals surface area contributed by atoms with Gasteiger partial charge >= 0.3 is 6.18 Å².